The van der Waals surface area contributed by atoms with Gasteiger partial charge in [-0.1, -0.05) is 0 Å². The van der Waals surface area contributed by atoms with Crippen molar-refractivity contribution in [2.45, 2.75) is 26.1 Å². The summed E-state index contributed by atoms with van der Waals surface area (Å²) in [5, 5.41) is 8.24. The molecule has 1 amide bonds. The molecule has 36 heavy (non-hydrogen) atoms. The van der Waals surface area contributed by atoms with Gasteiger partial charge in [-0.15, -0.1) is 0 Å². The van der Waals surface area contributed by atoms with Crippen LogP contribution >= 0.6 is 0 Å². The Kier molecular flexibility index (Phi) is 6.47. The first kappa shape index (κ1) is 25.2. The van der Waals surface area contributed by atoms with Gasteiger partial charge in [0.15, 0.2) is 0 Å². The standard InChI is InChI=1S/C22H22F3N7O3S/c1-12-8-26-11-18(32(2)36(3,34)35)15(12)9-27-20-16(22(23,24)25)10-28-21(31-20)29-14-4-5-17-13(6-14)7-19(33)30-17/h4-6,8,10-11H,7,9H2,1-3H3,(H,30,33)(H2,27,28,29,31). The lowest BCUT2D eigenvalue weighted by atomic mass is 10.1. The van der Waals surface area contributed by atoms with Crippen molar-refractivity contribution in [1.29, 1.82) is 0 Å². The van der Waals surface area contributed by atoms with Gasteiger partial charge in [0.1, 0.15) is 11.4 Å². The molecule has 10 nitrogen and oxygen atoms in total. The molecule has 0 unspecified atom stereocenters. The minimum Gasteiger partial charge on any atom is -0.365 e. The molecule has 0 atom stereocenters. The molecule has 0 bridgehead atoms. The highest BCUT2D eigenvalue weighted by molar-refractivity contribution is 7.92. The monoisotopic (exact) mass is 521 g/mol. The summed E-state index contributed by atoms with van der Waals surface area (Å²) >= 11 is 0. The number of hydrogen-bond donors (Lipinski definition) is 3. The molecular formula is C22H22F3N7O3S. The Hall–Kier alpha value is -3.94. The van der Waals surface area contributed by atoms with Crippen LogP contribution in [0.4, 0.5) is 42.0 Å². The largest absolute Gasteiger partial charge is 0.421 e. The van der Waals surface area contributed by atoms with E-state index in [2.05, 4.69) is 30.9 Å². The molecule has 0 fully saturated rings. The van der Waals surface area contributed by atoms with Crippen LogP contribution in [0.3, 0.4) is 0 Å². The van der Waals surface area contributed by atoms with Crippen LogP contribution in [-0.4, -0.2) is 42.6 Å². The van der Waals surface area contributed by atoms with Gasteiger partial charge < -0.3 is 16.0 Å². The van der Waals surface area contributed by atoms with Gasteiger partial charge in [-0.05, 0) is 36.2 Å². The third-order valence-electron chi connectivity index (χ3n) is 5.60. The van der Waals surface area contributed by atoms with Crippen molar-refractivity contribution < 1.29 is 26.4 Å². The Bertz CT molecular complexity index is 1450. The van der Waals surface area contributed by atoms with Crippen LogP contribution in [0.15, 0.2) is 36.8 Å². The van der Waals surface area contributed by atoms with Crippen molar-refractivity contribution in [3.63, 3.8) is 0 Å². The fourth-order valence-electron chi connectivity index (χ4n) is 3.65. The molecule has 1 aromatic carbocycles. The number of fused-ring (bicyclic) bond motifs is 1. The van der Waals surface area contributed by atoms with Crippen molar-refractivity contribution in [3.8, 4) is 0 Å². The highest BCUT2D eigenvalue weighted by Crippen LogP contribution is 2.35. The number of nitrogens with one attached hydrogen (secondary N) is 3. The Balaban J connectivity index is 1.64. The van der Waals surface area contributed by atoms with Gasteiger partial charge in [0, 0.05) is 42.9 Å². The molecule has 190 valence electrons. The van der Waals surface area contributed by atoms with Gasteiger partial charge in [-0.2, -0.15) is 18.2 Å². The van der Waals surface area contributed by atoms with E-state index in [0.29, 0.717) is 28.7 Å². The molecule has 1 aliphatic rings. The number of hydrogen-bond acceptors (Lipinski definition) is 8. The Morgan fingerprint density at radius 3 is 2.64 bits per heavy atom. The van der Waals surface area contributed by atoms with Crippen LogP contribution in [0, 0.1) is 6.92 Å². The number of nitrogens with zero attached hydrogens (tertiary/aromatic N) is 4. The van der Waals surface area contributed by atoms with E-state index in [1.807, 2.05) is 0 Å². The molecule has 3 heterocycles. The molecule has 4 rings (SSSR count). The maximum absolute atomic E-state index is 13.7. The molecule has 0 aliphatic carbocycles. The second-order valence-electron chi connectivity index (χ2n) is 8.21. The Labute approximate surface area is 205 Å². The maximum Gasteiger partial charge on any atom is 0.421 e. The predicted molar refractivity (Wildman–Crippen MR) is 129 cm³/mol. The molecule has 1 aliphatic heterocycles. The van der Waals surface area contributed by atoms with E-state index in [1.165, 1.54) is 19.4 Å². The summed E-state index contributed by atoms with van der Waals surface area (Å²) in [5.74, 6) is -0.725. The molecule has 0 saturated carbocycles. The summed E-state index contributed by atoms with van der Waals surface area (Å²) in [6.07, 6.45) is -0.0419. The summed E-state index contributed by atoms with van der Waals surface area (Å²) < 4.78 is 66.1. The summed E-state index contributed by atoms with van der Waals surface area (Å²) in [7, 11) is -2.30. The van der Waals surface area contributed by atoms with E-state index < -0.39 is 27.6 Å². The third kappa shape index (κ3) is 5.32. The second kappa shape index (κ2) is 9.26. The lowest BCUT2D eigenvalue weighted by molar-refractivity contribution is -0.137. The fourth-order valence-corrected chi connectivity index (χ4v) is 4.16. The number of aromatic nitrogens is 3. The van der Waals surface area contributed by atoms with Crippen molar-refractivity contribution in [2.24, 2.45) is 0 Å². The Morgan fingerprint density at radius 1 is 1.19 bits per heavy atom. The fraction of sp³-hybridized carbons (Fsp3) is 0.273. The van der Waals surface area contributed by atoms with E-state index in [9.17, 15) is 26.4 Å². The van der Waals surface area contributed by atoms with Gasteiger partial charge in [0.05, 0.1) is 24.6 Å². The number of carbonyl (C=O) groups is 1. The maximum atomic E-state index is 13.7. The van der Waals surface area contributed by atoms with Gasteiger partial charge in [-0.3, -0.25) is 14.1 Å². The number of anilines is 5. The number of pyridine rings is 1. The van der Waals surface area contributed by atoms with Crippen LogP contribution in [0.5, 0.6) is 0 Å². The van der Waals surface area contributed by atoms with E-state index >= 15 is 0 Å². The second-order valence-corrected chi connectivity index (χ2v) is 10.2. The first-order chi connectivity index (χ1) is 16.8. The van der Waals surface area contributed by atoms with Crippen LogP contribution in [0.2, 0.25) is 0 Å². The van der Waals surface area contributed by atoms with E-state index in [1.54, 1.807) is 25.1 Å². The third-order valence-corrected chi connectivity index (χ3v) is 6.79. The first-order valence-electron chi connectivity index (χ1n) is 10.6. The topological polar surface area (TPSA) is 129 Å². The van der Waals surface area contributed by atoms with E-state index in [4.69, 9.17) is 0 Å². The van der Waals surface area contributed by atoms with Crippen molar-refractivity contribution in [3.05, 3.63) is 59.0 Å². The Morgan fingerprint density at radius 2 is 1.94 bits per heavy atom. The zero-order valence-corrected chi connectivity index (χ0v) is 20.3. The smallest absolute Gasteiger partial charge is 0.365 e. The number of benzene rings is 1. The molecule has 3 aromatic rings. The minimum absolute atomic E-state index is 0.0948. The van der Waals surface area contributed by atoms with Crippen LogP contribution in [0.25, 0.3) is 0 Å². The first-order valence-corrected chi connectivity index (χ1v) is 12.4. The predicted octanol–water partition coefficient (Wildman–Crippen LogP) is 3.44. The molecule has 2 aromatic heterocycles. The number of rotatable bonds is 7. The van der Waals surface area contributed by atoms with Crippen LogP contribution in [0.1, 0.15) is 22.3 Å². The van der Waals surface area contributed by atoms with E-state index in [-0.39, 0.29) is 30.5 Å². The highest BCUT2D eigenvalue weighted by Gasteiger charge is 2.35. The average molecular weight is 522 g/mol. The SMILES string of the molecule is Cc1cncc(N(C)S(C)(=O)=O)c1CNc1nc(Nc2ccc3c(c2)CC(=O)N3)ncc1C(F)(F)F. The number of carbonyl (C=O) groups excluding carboxylic acids is 1. The zero-order valence-electron chi connectivity index (χ0n) is 19.4. The van der Waals surface area contributed by atoms with Gasteiger partial charge in [0.25, 0.3) is 0 Å². The summed E-state index contributed by atoms with van der Waals surface area (Å²) in [6.45, 7) is 1.52. The number of sulfonamides is 1. The highest BCUT2D eigenvalue weighted by atomic mass is 32.2. The molecule has 3 N–H and O–H groups in total. The lowest BCUT2D eigenvalue weighted by Crippen LogP contribution is -2.27. The average Bonchev–Trinajstić information content (AvgIpc) is 3.15. The minimum atomic E-state index is -4.74. The van der Waals surface area contributed by atoms with Gasteiger partial charge >= 0.3 is 6.18 Å². The number of halogens is 3. The lowest BCUT2D eigenvalue weighted by Gasteiger charge is -2.22. The molecule has 14 heteroatoms. The van der Waals surface area contributed by atoms with E-state index in [0.717, 1.165) is 16.1 Å². The van der Waals surface area contributed by atoms with Gasteiger partial charge in [-0.25, -0.2) is 13.4 Å². The number of amides is 1. The van der Waals surface area contributed by atoms with Crippen LogP contribution < -0.4 is 20.3 Å². The van der Waals surface area contributed by atoms with Gasteiger partial charge in [0.2, 0.25) is 21.9 Å². The van der Waals surface area contributed by atoms with Crippen LogP contribution in [-0.2, 0) is 34.0 Å². The molecular weight excluding hydrogens is 499 g/mol. The molecule has 0 saturated heterocycles. The van der Waals surface area contributed by atoms with Crippen molar-refractivity contribution in [2.75, 3.05) is 33.6 Å². The number of aryl methyl sites for hydroxylation is 1. The zero-order chi connectivity index (χ0) is 26.3. The van der Waals surface area contributed by atoms with Crippen molar-refractivity contribution in [1.82, 2.24) is 15.0 Å². The summed E-state index contributed by atoms with van der Waals surface area (Å²) in [6, 6.07) is 5.01. The quantitative estimate of drug-likeness (QED) is 0.431. The molecule has 0 spiro atoms. The van der Waals surface area contributed by atoms with Crippen molar-refractivity contribution >= 4 is 44.8 Å². The number of alkyl halides is 3. The summed E-state index contributed by atoms with van der Waals surface area (Å²) in [4.78, 5) is 23.4. The normalized spacial score (nSPS) is 13.2. The molecule has 0 radical (unpaired) electrons. The summed E-state index contributed by atoms with van der Waals surface area (Å²) in [5.41, 5.74) is 2.08.